The molecule has 10 nitrogen and oxygen atoms in total. The number of aromatic nitrogens is 1. The van der Waals surface area contributed by atoms with Crippen molar-refractivity contribution in [3.05, 3.63) is 59.7 Å². The molecular formula is C22H28FNO9P2. The third-order valence-corrected chi connectivity index (χ3v) is 10.1. The Morgan fingerprint density at radius 3 is 2.43 bits per heavy atom. The van der Waals surface area contributed by atoms with Gasteiger partial charge >= 0.3 is 21.2 Å². The smallest absolute Gasteiger partial charge is 0.374 e. The van der Waals surface area contributed by atoms with Crippen LogP contribution >= 0.6 is 15.2 Å². The van der Waals surface area contributed by atoms with Crippen molar-refractivity contribution in [2.24, 2.45) is 0 Å². The number of pyridine rings is 1. The highest BCUT2D eigenvalue weighted by Crippen LogP contribution is 2.79. The number of hydrogen-bond acceptors (Lipinski definition) is 8. The summed E-state index contributed by atoms with van der Waals surface area (Å²) in [5.41, 5.74) is -0.0411. The Labute approximate surface area is 202 Å². The number of benzene rings is 1. The van der Waals surface area contributed by atoms with Crippen LogP contribution in [0.2, 0.25) is 0 Å². The Hall–Kier alpha value is -1.97. The molecule has 1 saturated heterocycles. The van der Waals surface area contributed by atoms with Gasteiger partial charge in [0.15, 0.2) is 11.6 Å². The predicted molar refractivity (Wildman–Crippen MR) is 123 cm³/mol. The van der Waals surface area contributed by atoms with Crippen LogP contribution in [0, 0.1) is 5.82 Å². The SMILES string of the molecule is CCCCCCCC(=O)Oc1ccc(C2OP(=O)(O)C(O)(Cc3cccnc3)P(=O)(O)O2)cc1F. The Kier molecular flexibility index (Phi) is 8.99. The lowest BCUT2D eigenvalue weighted by Gasteiger charge is -2.41. The maximum atomic E-state index is 14.6. The van der Waals surface area contributed by atoms with Crippen molar-refractivity contribution in [1.82, 2.24) is 4.98 Å². The summed E-state index contributed by atoms with van der Waals surface area (Å²) >= 11 is 0. The first-order valence-electron chi connectivity index (χ1n) is 11.1. The predicted octanol–water partition coefficient (Wildman–Crippen LogP) is 4.79. The number of ether oxygens (including phenoxy) is 1. The van der Waals surface area contributed by atoms with Crippen LogP contribution in [0.25, 0.3) is 0 Å². The number of carbonyl (C=O) groups excluding carboxylic acids is 1. The van der Waals surface area contributed by atoms with Gasteiger partial charge in [0.05, 0.1) is 0 Å². The van der Waals surface area contributed by atoms with Crippen LogP contribution in [0.4, 0.5) is 4.39 Å². The van der Waals surface area contributed by atoms with Crippen LogP contribution in [-0.4, -0.2) is 30.9 Å². The van der Waals surface area contributed by atoms with Gasteiger partial charge in [-0.05, 0) is 30.2 Å². The molecule has 1 aliphatic rings. The highest BCUT2D eigenvalue weighted by atomic mass is 31.2. The molecule has 1 aromatic heterocycles. The molecule has 2 aromatic rings. The highest BCUT2D eigenvalue weighted by Gasteiger charge is 2.67. The minimum atomic E-state index is -5.21. The average Bonchev–Trinajstić information content (AvgIpc) is 2.79. The van der Waals surface area contributed by atoms with Crippen LogP contribution in [0.1, 0.15) is 62.9 Å². The first-order valence-corrected chi connectivity index (χ1v) is 14.3. The Morgan fingerprint density at radius 1 is 1.14 bits per heavy atom. The zero-order chi connectivity index (χ0) is 25.7. The molecule has 2 unspecified atom stereocenters. The molecule has 35 heavy (non-hydrogen) atoms. The van der Waals surface area contributed by atoms with Gasteiger partial charge in [0, 0.05) is 30.8 Å². The molecular weight excluding hydrogens is 503 g/mol. The summed E-state index contributed by atoms with van der Waals surface area (Å²) in [5, 5.41) is 7.56. The largest absolute Gasteiger partial charge is 0.423 e. The number of halogens is 1. The molecule has 3 rings (SSSR count). The molecule has 13 heteroatoms. The summed E-state index contributed by atoms with van der Waals surface area (Å²) in [6, 6.07) is 5.93. The van der Waals surface area contributed by atoms with Gasteiger partial charge in [0.2, 0.25) is 6.29 Å². The fraction of sp³-hybridized carbons (Fsp3) is 0.455. The van der Waals surface area contributed by atoms with Crippen LogP contribution in [0.3, 0.4) is 0 Å². The molecule has 2 atom stereocenters. The molecule has 2 heterocycles. The fourth-order valence-corrected chi connectivity index (χ4v) is 7.08. The molecule has 0 spiro atoms. The molecule has 0 bridgehead atoms. The van der Waals surface area contributed by atoms with Crippen molar-refractivity contribution in [2.75, 3.05) is 0 Å². The lowest BCUT2D eigenvalue weighted by atomic mass is 10.1. The number of aliphatic hydroxyl groups is 1. The zero-order valence-corrected chi connectivity index (χ0v) is 20.9. The van der Waals surface area contributed by atoms with E-state index in [2.05, 4.69) is 11.9 Å². The van der Waals surface area contributed by atoms with Crippen molar-refractivity contribution < 1.29 is 47.0 Å². The highest BCUT2D eigenvalue weighted by molar-refractivity contribution is 7.73. The molecule has 0 radical (unpaired) electrons. The van der Waals surface area contributed by atoms with E-state index in [0.29, 0.717) is 6.42 Å². The van der Waals surface area contributed by atoms with E-state index in [4.69, 9.17) is 13.8 Å². The molecule has 192 valence electrons. The van der Waals surface area contributed by atoms with E-state index in [0.717, 1.165) is 43.9 Å². The van der Waals surface area contributed by atoms with E-state index in [9.17, 15) is 33.2 Å². The third kappa shape index (κ3) is 6.43. The molecule has 0 amide bonds. The lowest BCUT2D eigenvalue weighted by Crippen LogP contribution is -2.37. The van der Waals surface area contributed by atoms with E-state index < -0.39 is 44.8 Å². The molecule has 0 saturated carbocycles. The Morgan fingerprint density at radius 2 is 1.83 bits per heavy atom. The summed E-state index contributed by atoms with van der Waals surface area (Å²) in [4.78, 5) is 36.5. The van der Waals surface area contributed by atoms with Crippen LogP contribution < -0.4 is 4.74 Å². The summed E-state index contributed by atoms with van der Waals surface area (Å²) in [7, 11) is -10.4. The maximum absolute atomic E-state index is 14.6. The van der Waals surface area contributed by atoms with Crippen molar-refractivity contribution in [3.63, 3.8) is 0 Å². The standard InChI is InChI=1S/C22H28FNO9P2/c1-2-3-4-5-6-9-20(25)31-19-11-10-17(13-18(19)23)21-32-34(27,28)22(26,35(29,30)33-21)14-16-8-7-12-24-15-16/h7-8,10-13,15,21,26H,2-6,9,14H2,1H3,(H,27,28)(H,29,30). The summed E-state index contributed by atoms with van der Waals surface area (Å²) in [6.07, 6.45) is 4.69. The Bertz CT molecular complexity index is 1110. The summed E-state index contributed by atoms with van der Waals surface area (Å²) in [5.74, 6) is -2.00. The molecule has 1 fully saturated rings. The van der Waals surface area contributed by atoms with Gasteiger partial charge in [-0.1, -0.05) is 44.7 Å². The van der Waals surface area contributed by atoms with E-state index in [1.165, 1.54) is 24.5 Å². The Balaban J connectivity index is 1.71. The minimum absolute atomic E-state index is 0.122. The van der Waals surface area contributed by atoms with Gasteiger partial charge in [-0.15, -0.1) is 0 Å². The van der Waals surface area contributed by atoms with Crippen LogP contribution in [-0.2, 0) is 29.4 Å². The van der Waals surface area contributed by atoms with Gasteiger partial charge in [-0.25, -0.2) is 4.39 Å². The number of esters is 1. The minimum Gasteiger partial charge on any atom is -0.423 e. The topological polar surface area (TPSA) is 152 Å². The van der Waals surface area contributed by atoms with Gasteiger partial charge in [0.1, 0.15) is 0 Å². The zero-order valence-electron chi connectivity index (χ0n) is 19.1. The normalized spacial score (nSPS) is 28.5. The summed E-state index contributed by atoms with van der Waals surface area (Å²) in [6.45, 7) is 2.07. The lowest BCUT2D eigenvalue weighted by molar-refractivity contribution is -0.134. The quantitative estimate of drug-likeness (QED) is 0.169. The van der Waals surface area contributed by atoms with Gasteiger partial charge in [0.25, 0.3) is 5.08 Å². The van der Waals surface area contributed by atoms with E-state index >= 15 is 0 Å². The summed E-state index contributed by atoms with van der Waals surface area (Å²) < 4.78 is 55.2. The van der Waals surface area contributed by atoms with Gasteiger partial charge in [-0.2, -0.15) is 0 Å². The third-order valence-electron chi connectivity index (χ3n) is 5.48. The first-order chi connectivity index (χ1) is 16.5. The molecule has 1 aromatic carbocycles. The van der Waals surface area contributed by atoms with E-state index in [1.54, 1.807) is 0 Å². The fourth-order valence-electron chi connectivity index (χ4n) is 3.50. The molecule has 1 aliphatic heterocycles. The second-order valence-electron chi connectivity index (χ2n) is 8.22. The second-order valence-corrected chi connectivity index (χ2v) is 12.6. The van der Waals surface area contributed by atoms with Gasteiger partial charge < -0.3 is 19.6 Å². The molecule has 3 N–H and O–H groups in total. The number of carbonyl (C=O) groups is 1. The van der Waals surface area contributed by atoms with Crippen molar-refractivity contribution >= 4 is 21.2 Å². The van der Waals surface area contributed by atoms with Gasteiger partial charge in [-0.3, -0.25) is 28.0 Å². The monoisotopic (exact) mass is 531 g/mol. The van der Waals surface area contributed by atoms with Crippen LogP contribution in [0.5, 0.6) is 5.75 Å². The van der Waals surface area contributed by atoms with Crippen molar-refractivity contribution in [2.45, 2.75) is 63.2 Å². The van der Waals surface area contributed by atoms with Crippen molar-refractivity contribution in [3.8, 4) is 5.75 Å². The molecule has 0 aliphatic carbocycles. The number of nitrogens with zero attached hydrogens (tertiary/aromatic N) is 1. The first kappa shape index (κ1) is 27.6. The maximum Gasteiger partial charge on any atom is 0.374 e. The van der Waals surface area contributed by atoms with Crippen LogP contribution in [0.15, 0.2) is 42.7 Å². The number of hydrogen-bond donors (Lipinski definition) is 3. The van der Waals surface area contributed by atoms with Crippen molar-refractivity contribution in [1.29, 1.82) is 0 Å². The number of unbranched alkanes of at least 4 members (excludes halogenated alkanes) is 4. The number of rotatable bonds is 10. The van der Waals surface area contributed by atoms with E-state index in [1.807, 2.05) is 0 Å². The van der Waals surface area contributed by atoms with E-state index in [-0.39, 0.29) is 23.3 Å². The second kappa shape index (κ2) is 11.4. The average molecular weight is 531 g/mol.